The Morgan fingerprint density at radius 2 is 2.05 bits per heavy atom. The Morgan fingerprint density at radius 1 is 1.32 bits per heavy atom. The number of carbonyl (C=O) groups excluding carboxylic acids is 1. The molecule has 1 saturated heterocycles. The monoisotopic (exact) mass is 320 g/mol. The van der Waals surface area contributed by atoms with Crippen LogP contribution in [-0.2, 0) is 0 Å². The minimum atomic E-state index is -0.392. The first-order chi connectivity index (χ1) is 10.2. The van der Waals surface area contributed by atoms with Crippen LogP contribution in [0.2, 0.25) is 0 Å². The number of nitrogens with zero attached hydrogens (tertiary/aromatic N) is 2. The molecule has 0 radical (unpaired) electrons. The maximum absolute atomic E-state index is 11.8. The minimum Gasteiger partial charge on any atom is -0.371 e. The molecule has 4 N–H and O–H groups in total. The van der Waals surface area contributed by atoms with E-state index in [1.807, 2.05) is 24.3 Å². The summed E-state index contributed by atoms with van der Waals surface area (Å²) in [6.45, 7) is 2.54. The standard InChI is InChI=1S/C16H20N4O.ClH/c17-10-11-3-6-20(7-4-11)15-9-14-12(2-1-5-19-14)8-13(15)16(18)21;/h1-2,5,8-9,11H,3-4,6-7,10,17H2,(H2,18,21);1H. The summed E-state index contributed by atoms with van der Waals surface area (Å²) >= 11 is 0. The Bertz CT molecular complexity index is 668. The summed E-state index contributed by atoms with van der Waals surface area (Å²) in [7, 11) is 0. The van der Waals surface area contributed by atoms with Crippen LogP contribution in [-0.4, -0.2) is 30.5 Å². The molecule has 0 unspecified atom stereocenters. The van der Waals surface area contributed by atoms with Crippen LogP contribution < -0.4 is 16.4 Å². The van der Waals surface area contributed by atoms with Crippen LogP contribution in [0.25, 0.3) is 10.9 Å². The first-order valence-electron chi connectivity index (χ1n) is 7.32. The normalized spacial score (nSPS) is 15.6. The zero-order chi connectivity index (χ0) is 14.8. The Morgan fingerprint density at radius 3 is 2.68 bits per heavy atom. The van der Waals surface area contributed by atoms with E-state index in [0.29, 0.717) is 11.5 Å². The quantitative estimate of drug-likeness (QED) is 0.905. The van der Waals surface area contributed by atoms with Crippen molar-refractivity contribution in [3.8, 4) is 0 Å². The predicted octanol–water partition coefficient (Wildman–Crippen LogP) is 1.93. The van der Waals surface area contributed by atoms with Crippen LogP contribution in [0.5, 0.6) is 0 Å². The van der Waals surface area contributed by atoms with E-state index in [4.69, 9.17) is 11.5 Å². The van der Waals surface area contributed by atoms with Gasteiger partial charge in [-0.15, -0.1) is 12.4 Å². The molecule has 1 aliphatic rings. The van der Waals surface area contributed by atoms with Gasteiger partial charge in [0.25, 0.3) is 5.91 Å². The molecule has 0 aliphatic carbocycles. The van der Waals surface area contributed by atoms with E-state index in [0.717, 1.165) is 49.1 Å². The molecular weight excluding hydrogens is 300 g/mol. The highest BCUT2D eigenvalue weighted by Gasteiger charge is 2.22. The summed E-state index contributed by atoms with van der Waals surface area (Å²) in [4.78, 5) is 18.4. The molecule has 2 heterocycles. The van der Waals surface area contributed by atoms with Gasteiger partial charge in [-0.1, -0.05) is 6.07 Å². The maximum atomic E-state index is 11.8. The zero-order valence-electron chi connectivity index (χ0n) is 12.4. The summed E-state index contributed by atoms with van der Waals surface area (Å²) < 4.78 is 0. The molecule has 1 aromatic carbocycles. The number of amides is 1. The number of aromatic nitrogens is 1. The molecule has 118 valence electrons. The lowest BCUT2D eigenvalue weighted by atomic mass is 9.95. The van der Waals surface area contributed by atoms with Crippen LogP contribution in [0.3, 0.4) is 0 Å². The summed E-state index contributed by atoms with van der Waals surface area (Å²) in [6.07, 6.45) is 3.86. The number of anilines is 1. The Balaban J connectivity index is 0.00000176. The molecule has 1 amide bonds. The molecular formula is C16H21ClN4O. The first-order valence-corrected chi connectivity index (χ1v) is 7.32. The number of hydrogen-bond acceptors (Lipinski definition) is 4. The van der Waals surface area contributed by atoms with Gasteiger partial charge in [-0.3, -0.25) is 9.78 Å². The van der Waals surface area contributed by atoms with E-state index in [2.05, 4.69) is 9.88 Å². The van der Waals surface area contributed by atoms with Gasteiger partial charge in [0.05, 0.1) is 16.8 Å². The number of primary amides is 1. The second-order valence-electron chi connectivity index (χ2n) is 5.60. The van der Waals surface area contributed by atoms with Crippen LogP contribution >= 0.6 is 12.4 Å². The van der Waals surface area contributed by atoms with E-state index >= 15 is 0 Å². The molecule has 22 heavy (non-hydrogen) atoms. The largest absolute Gasteiger partial charge is 0.371 e. The molecule has 6 heteroatoms. The highest BCUT2D eigenvalue weighted by molar-refractivity contribution is 6.03. The van der Waals surface area contributed by atoms with Gasteiger partial charge in [0.1, 0.15) is 0 Å². The van der Waals surface area contributed by atoms with Crippen molar-refractivity contribution in [2.24, 2.45) is 17.4 Å². The van der Waals surface area contributed by atoms with Crippen molar-refractivity contribution in [2.75, 3.05) is 24.5 Å². The fourth-order valence-corrected chi connectivity index (χ4v) is 2.98. The molecule has 1 fully saturated rings. The van der Waals surface area contributed by atoms with Crippen molar-refractivity contribution in [3.05, 3.63) is 36.0 Å². The van der Waals surface area contributed by atoms with E-state index in [9.17, 15) is 4.79 Å². The van der Waals surface area contributed by atoms with Gasteiger partial charge in [0.15, 0.2) is 0 Å². The van der Waals surface area contributed by atoms with Gasteiger partial charge >= 0.3 is 0 Å². The highest BCUT2D eigenvalue weighted by atomic mass is 35.5. The number of benzene rings is 1. The van der Waals surface area contributed by atoms with Gasteiger partial charge in [-0.25, -0.2) is 0 Å². The first kappa shape index (κ1) is 16.5. The molecule has 1 aromatic heterocycles. The Kier molecular flexibility index (Phi) is 5.21. The van der Waals surface area contributed by atoms with Crippen LogP contribution in [0.15, 0.2) is 30.5 Å². The van der Waals surface area contributed by atoms with Crippen LogP contribution in [0, 0.1) is 5.92 Å². The molecule has 5 nitrogen and oxygen atoms in total. The summed E-state index contributed by atoms with van der Waals surface area (Å²) in [5.41, 5.74) is 13.6. The summed E-state index contributed by atoms with van der Waals surface area (Å²) in [6, 6.07) is 7.62. The fourth-order valence-electron chi connectivity index (χ4n) is 2.98. The highest BCUT2D eigenvalue weighted by Crippen LogP contribution is 2.29. The molecule has 0 spiro atoms. The molecule has 0 saturated carbocycles. The number of piperidine rings is 1. The molecule has 3 rings (SSSR count). The number of fused-ring (bicyclic) bond motifs is 1. The van der Waals surface area contributed by atoms with Crippen LogP contribution in [0.1, 0.15) is 23.2 Å². The molecule has 1 aliphatic heterocycles. The minimum absolute atomic E-state index is 0. The van der Waals surface area contributed by atoms with Crippen LogP contribution in [0.4, 0.5) is 5.69 Å². The molecule has 0 bridgehead atoms. The zero-order valence-corrected chi connectivity index (χ0v) is 13.2. The van der Waals surface area contributed by atoms with E-state index < -0.39 is 5.91 Å². The maximum Gasteiger partial charge on any atom is 0.250 e. The van der Waals surface area contributed by atoms with Gasteiger partial charge in [0, 0.05) is 24.7 Å². The average Bonchev–Trinajstić information content (AvgIpc) is 2.53. The van der Waals surface area contributed by atoms with E-state index in [-0.39, 0.29) is 12.4 Å². The second-order valence-corrected chi connectivity index (χ2v) is 5.60. The lowest BCUT2D eigenvalue weighted by molar-refractivity contribution is 0.100. The van der Waals surface area contributed by atoms with Crippen molar-refractivity contribution >= 4 is 34.9 Å². The van der Waals surface area contributed by atoms with Gasteiger partial charge in [0.2, 0.25) is 0 Å². The summed E-state index contributed by atoms with van der Waals surface area (Å²) in [5.74, 6) is 0.188. The number of pyridine rings is 1. The Labute approximate surface area is 136 Å². The number of hydrogen-bond donors (Lipinski definition) is 2. The fraction of sp³-hybridized carbons (Fsp3) is 0.375. The smallest absolute Gasteiger partial charge is 0.250 e. The predicted molar refractivity (Wildman–Crippen MR) is 91.5 cm³/mol. The van der Waals surface area contributed by atoms with Crippen molar-refractivity contribution in [1.82, 2.24) is 4.98 Å². The third-order valence-corrected chi connectivity index (χ3v) is 4.27. The number of nitrogens with two attached hydrogens (primary N) is 2. The SMILES string of the molecule is Cl.NCC1CCN(c2cc3ncccc3cc2C(N)=O)CC1. The number of halogens is 1. The number of carbonyl (C=O) groups is 1. The molecule has 2 aromatic rings. The topological polar surface area (TPSA) is 85.2 Å². The van der Waals surface area contributed by atoms with Gasteiger partial charge < -0.3 is 16.4 Å². The van der Waals surface area contributed by atoms with Crippen molar-refractivity contribution in [2.45, 2.75) is 12.8 Å². The lowest BCUT2D eigenvalue weighted by Crippen LogP contribution is -2.37. The van der Waals surface area contributed by atoms with Crippen molar-refractivity contribution < 1.29 is 4.79 Å². The molecule has 0 atom stereocenters. The number of rotatable bonds is 3. The lowest BCUT2D eigenvalue weighted by Gasteiger charge is -2.34. The van der Waals surface area contributed by atoms with E-state index in [1.165, 1.54) is 0 Å². The van der Waals surface area contributed by atoms with Crippen molar-refractivity contribution in [1.29, 1.82) is 0 Å². The third kappa shape index (κ3) is 3.15. The van der Waals surface area contributed by atoms with Gasteiger partial charge in [-0.05, 0) is 43.5 Å². The third-order valence-electron chi connectivity index (χ3n) is 4.27. The Hall–Kier alpha value is -1.85. The summed E-state index contributed by atoms with van der Waals surface area (Å²) in [5, 5.41) is 0.937. The van der Waals surface area contributed by atoms with Gasteiger partial charge in [-0.2, -0.15) is 0 Å². The van der Waals surface area contributed by atoms with Crippen molar-refractivity contribution in [3.63, 3.8) is 0 Å². The second kappa shape index (κ2) is 6.94. The van der Waals surface area contributed by atoms with E-state index in [1.54, 1.807) is 6.20 Å². The average molecular weight is 321 g/mol.